The van der Waals surface area contributed by atoms with Crippen molar-refractivity contribution in [2.24, 2.45) is 0 Å². The summed E-state index contributed by atoms with van der Waals surface area (Å²) in [5.41, 5.74) is 7.07. The summed E-state index contributed by atoms with van der Waals surface area (Å²) in [6.07, 6.45) is 0. The van der Waals surface area contributed by atoms with E-state index >= 15 is 0 Å². The van der Waals surface area contributed by atoms with E-state index in [-0.39, 0.29) is 12.5 Å². The van der Waals surface area contributed by atoms with Crippen molar-refractivity contribution in [1.29, 1.82) is 0 Å². The second kappa shape index (κ2) is 8.25. The molecule has 2 N–H and O–H groups in total. The molecule has 0 spiro atoms. The van der Waals surface area contributed by atoms with Gasteiger partial charge in [0.1, 0.15) is 11.5 Å². The zero-order chi connectivity index (χ0) is 19.4. The van der Waals surface area contributed by atoms with Gasteiger partial charge < -0.3 is 24.5 Å². The van der Waals surface area contributed by atoms with Crippen LogP contribution in [0.25, 0.3) is 11.4 Å². The van der Waals surface area contributed by atoms with Crippen LogP contribution in [0.3, 0.4) is 0 Å². The molecule has 2 aromatic carbocycles. The molecule has 3 rings (SSSR count). The lowest BCUT2D eigenvalue weighted by molar-refractivity contribution is 0.0431. The van der Waals surface area contributed by atoms with Crippen LogP contribution >= 0.6 is 22.6 Å². The molecule has 0 aliphatic rings. The number of aromatic nitrogens is 2. The highest BCUT2D eigenvalue weighted by molar-refractivity contribution is 14.1. The van der Waals surface area contributed by atoms with Gasteiger partial charge in [0.15, 0.2) is 6.61 Å². The van der Waals surface area contributed by atoms with E-state index in [4.69, 9.17) is 24.5 Å². The molecular weight excluding hydrogens is 465 g/mol. The maximum Gasteiger partial charge on any atom is 0.340 e. The summed E-state index contributed by atoms with van der Waals surface area (Å²) in [4.78, 5) is 16.5. The third kappa shape index (κ3) is 4.30. The van der Waals surface area contributed by atoms with Gasteiger partial charge in [-0.25, -0.2) is 4.79 Å². The minimum Gasteiger partial charge on any atom is -0.497 e. The van der Waals surface area contributed by atoms with Gasteiger partial charge in [0, 0.05) is 15.3 Å². The van der Waals surface area contributed by atoms with Crippen LogP contribution in [0.5, 0.6) is 11.5 Å². The van der Waals surface area contributed by atoms with Crippen LogP contribution in [0.4, 0.5) is 5.69 Å². The molecule has 0 bridgehead atoms. The zero-order valence-corrected chi connectivity index (χ0v) is 16.7. The van der Waals surface area contributed by atoms with Gasteiger partial charge in [0.2, 0.25) is 5.82 Å². The van der Waals surface area contributed by atoms with Crippen LogP contribution in [0.2, 0.25) is 0 Å². The zero-order valence-electron chi connectivity index (χ0n) is 14.6. The lowest BCUT2D eigenvalue weighted by Gasteiger charge is -2.07. The van der Waals surface area contributed by atoms with Crippen LogP contribution in [0.15, 0.2) is 40.9 Å². The molecule has 140 valence electrons. The molecule has 9 heteroatoms. The summed E-state index contributed by atoms with van der Waals surface area (Å²) < 4.78 is 21.8. The Morgan fingerprint density at radius 3 is 2.74 bits per heavy atom. The molecule has 0 aliphatic heterocycles. The first kappa shape index (κ1) is 19.0. The average Bonchev–Trinajstić information content (AvgIpc) is 3.16. The van der Waals surface area contributed by atoms with Crippen LogP contribution < -0.4 is 15.2 Å². The largest absolute Gasteiger partial charge is 0.497 e. The summed E-state index contributed by atoms with van der Waals surface area (Å²) in [5, 5.41) is 3.91. The molecule has 27 heavy (non-hydrogen) atoms. The van der Waals surface area contributed by atoms with E-state index in [1.54, 1.807) is 43.5 Å². The molecule has 0 atom stereocenters. The van der Waals surface area contributed by atoms with E-state index in [9.17, 15) is 4.79 Å². The summed E-state index contributed by atoms with van der Waals surface area (Å²) in [6.45, 7) is -0.171. The van der Waals surface area contributed by atoms with Gasteiger partial charge >= 0.3 is 5.97 Å². The van der Waals surface area contributed by atoms with Gasteiger partial charge in [0.05, 0.1) is 25.3 Å². The molecule has 0 amide bonds. The number of halogens is 1. The molecule has 1 aromatic heterocycles. The Bertz CT molecular complexity index is 973. The van der Waals surface area contributed by atoms with E-state index in [1.165, 1.54) is 7.11 Å². The van der Waals surface area contributed by atoms with Gasteiger partial charge in [-0.2, -0.15) is 4.98 Å². The van der Waals surface area contributed by atoms with Crippen molar-refractivity contribution in [3.8, 4) is 22.9 Å². The number of nitrogens with zero attached hydrogens (tertiary/aromatic N) is 2. The lowest BCUT2D eigenvalue weighted by atomic mass is 10.2. The number of hydrogen-bond donors (Lipinski definition) is 1. The number of ether oxygens (including phenoxy) is 3. The maximum absolute atomic E-state index is 12.2. The number of carbonyl (C=O) groups excluding carboxylic acids is 1. The average molecular weight is 481 g/mol. The third-order valence-corrected chi connectivity index (χ3v) is 4.35. The molecule has 0 aliphatic carbocycles. The van der Waals surface area contributed by atoms with Crippen molar-refractivity contribution in [3.63, 3.8) is 0 Å². The van der Waals surface area contributed by atoms with Crippen LogP contribution in [0, 0.1) is 3.57 Å². The lowest BCUT2D eigenvalue weighted by Crippen LogP contribution is -2.08. The molecule has 0 unspecified atom stereocenters. The molecule has 0 fully saturated rings. The predicted molar refractivity (Wildman–Crippen MR) is 106 cm³/mol. The number of methoxy groups -OCH3 is 2. The summed E-state index contributed by atoms with van der Waals surface area (Å²) in [6, 6.07) is 10.3. The fraction of sp³-hybridized carbons (Fsp3) is 0.167. The first-order valence-electron chi connectivity index (χ1n) is 7.79. The number of carbonyl (C=O) groups is 1. The number of benzene rings is 2. The topological polar surface area (TPSA) is 110 Å². The predicted octanol–water partition coefficient (Wildman–Crippen LogP) is 3.30. The molecule has 0 radical (unpaired) electrons. The second-order valence-corrected chi connectivity index (χ2v) is 6.63. The monoisotopic (exact) mass is 481 g/mol. The van der Waals surface area contributed by atoms with E-state index in [0.717, 1.165) is 3.57 Å². The third-order valence-electron chi connectivity index (χ3n) is 3.68. The van der Waals surface area contributed by atoms with Gasteiger partial charge in [-0.05, 0) is 52.9 Å². The van der Waals surface area contributed by atoms with E-state index in [1.807, 2.05) is 0 Å². The summed E-state index contributed by atoms with van der Waals surface area (Å²) in [7, 11) is 3.10. The van der Waals surface area contributed by atoms with Crippen LogP contribution in [-0.2, 0) is 11.3 Å². The van der Waals surface area contributed by atoms with E-state index < -0.39 is 5.97 Å². The highest BCUT2D eigenvalue weighted by atomic mass is 127. The molecule has 1 heterocycles. The van der Waals surface area contributed by atoms with Gasteiger partial charge in [-0.3, -0.25) is 0 Å². The minimum atomic E-state index is -0.562. The molecule has 0 saturated carbocycles. The first-order chi connectivity index (χ1) is 13.0. The fourth-order valence-electron chi connectivity index (χ4n) is 2.32. The summed E-state index contributed by atoms with van der Waals surface area (Å²) in [5.74, 6) is 1.08. The number of hydrogen-bond acceptors (Lipinski definition) is 8. The molecule has 0 saturated heterocycles. The Morgan fingerprint density at radius 1 is 1.19 bits per heavy atom. The van der Waals surface area contributed by atoms with Gasteiger partial charge in [-0.1, -0.05) is 5.16 Å². The first-order valence-corrected chi connectivity index (χ1v) is 8.87. The fourth-order valence-corrected chi connectivity index (χ4v) is 2.81. The van der Waals surface area contributed by atoms with Crippen LogP contribution in [0.1, 0.15) is 16.2 Å². The number of nitrogen functional groups attached to an aromatic ring is 1. The van der Waals surface area contributed by atoms with Crippen molar-refractivity contribution in [3.05, 3.63) is 51.4 Å². The normalized spacial score (nSPS) is 10.5. The maximum atomic E-state index is 12.2. The quantitative estimate of drug-likeness (QED) is 0.325. The van der Waals surface area contributed by atoms with Gasteiger partial charge in [-0.15, -0.1) is 0 Å². The number of anilines is 1. The Labute approximate surface area is 168 Å². The standard InChI is InChI=1S/C18H16IN3O5/c1-24-11-4-5-12(15(8-11)25-2)17-21-16(27-22-17)9-26-18(23)13-7-10(19)3-6-14(13)20/h3-8H,9,20H2,1-2H3. The van der Waals surface area contributed by atoms with Crippen molar-refractivity contribution < 1.29 is 23.5 Å². The Balaban J connectivity index is 1.73. The number of nitrogens with two attached hydrogens (primary N) is 1. The Kier molecular flexibility index (Phi) is 5.79. The van der Waals surface area contributed by atoms with Crippen LogP contribution in [-0.4, -0.2) is 30.3 Å². The van der Waals surface area contributed by atoms with Gasteiger partial charge in [0.25, 0.3) is 5.89 Å². The number of esters is 1. The number of rotatable bonds is 6. The molecular formula is C18H16IN3O5. The molecule has 3 aromatic rings. The Morgan fingerprint density at radius 2 is 2.00 bits per heavy atom. The highest BCUT2D eigenvalue weighted by Gasteiger charge is 2.17. The highest BCUT2D eigenvalue weighted by Crippen LogP contribution is 2.31. The van der Waals surface area contributed by atoms with Crippen molar-refractivity contribution >= 4 is 34.2 Å². The SMILES string of the molecule is COc1ccc(-c2noc(COC(=O)c3cc(I)ccc3N)n2)c(OC)c1. The van der Waals surface area contributed by atoms with E-state index in [0.29, 0.717) is 34.1 Å². The second-order valence-electron chi connectivity index (χ2n) is 5.39. The minimum absolute atomic E-state index is 0.153. The van der Waals surface area contributed by atoms with Crippen molar-refractivity contribution in [2.75, 3.05) is 20.0 Å². The van der Waals surface area contributed by atoms with Crippen molar-refractivity contribution in [1.82, 2.24) is 10.1 Å². The van der Waals surface area contributed by atoms with E-state index in [2.05, 4.69) is 32.7 Å². The summed E-state index contributed by atoms with van der Waals surface area (Å²) >= 11 is 2.09. The molecule has 8 nitrogen and oxygen atoms in total. The van der Waals surface area contributed by atoms with Crippen molar-refractivity contribution in [2.45, 2.75) is 6.61 Å². The smallest absolute Gasteiger partial charge is 0.340 e. The Hall–Kier alpha value is -2.82.